The smallest absolute Gasteiger partial charge is 0.251 e. The van der Waals surface area contributed by atoms with E-state index < -0.39 is 10.0 Å². The Morgan fingerprint density at radius 3 is 2.14 bits per heavy atom. The van der Waals surface area contributed by atoms with Crippen LogP contribution >= 0.6 is 0 Å². The van der Waals surface area contributed by atoms with E-state index in [4.69, 9.17) is 0 Å². The fourth-order valence-electron chi connectivity index (χ4n) is 1.69. The predicted octanol–water partition coefficient (Wildman–Crippen LogP) is 1.05. The number of hydrogen-bond acceptors (Lipinski definition) is 4. The van der Waals surface area contributed by atoms with E-state index in [0.29, 0.717) is 18.7 Å². The van der Waals surface area contributed by atoms with Crippen molar-refractivity contribution in [2.75, 3.05) is 27.2 Å². The van der Waals surface area contributed by atoms with Crippen molar-refractivity contribution in [3.63, 3.8) is 0 Å². The molecule has 0 spiro atoms. The quantitative estimate of drug-likeness (QED) is 0.819. The molecule has 2 N–H and O–H groups in total. The number of nitrogens with one attached hydrogen (secondary N) is 2. The van der Waals surface area contributed by atoms with Crippen LogP contribution in [-0.4, -0.2) is 51.9 Å². The summed E-state index contributed by atoms with van der Waals surface area (Å²) in [6, 6.07) is 5.91. The second kappa shape index (κ2) is 7.21. The molecule has 0 aromatic heterocycles. The normalized spacial score (nSPS) is 12.5. The maximum Gasteiger partial charge on any atom is 0.251 e. The molecule has 0 heterocycles. The summed E-state index contributed by atoms with van der Waals surface area (Å²) < 4.78 is 26.7. The van der Waals surface area contributed by atoms with Crippen molar-refractivity contribution in [1.29, 1.82) is 0 Å². The summed E-state index contributed by atoms with van der Waals surface area (Å²) in [5, 5.41) is 2.83. The fraction of sp³-hybridized carbons (Fsp3) is 0.533. The zero-order valence-corrected chi connectivity index (χ0v) is 14.6. The zero-order valence-electron chi connectivity index (χ0n) is 13.8. The summed E-state index contributed by atoms with van der Waals surface area (Å²) in [7, 11) is 0.202. The van der Waals surface area contributed by atoms with Crippen LogP contribution in [0.2, 0.25) is 0 Å². The third-order valence-corrected chi connectivity index (χ3v) is 4.24. The van der Waals surface area contributed by atoms with Crippen molar-refractivity contribution in [2.45, 2.75) is 31.2 Å². The summed E-state index contributed by atoms with van der Waals surface area (Å²) in [5.74, 6) is -0.225. The van der Waals surface area contributed by atoms with Crippen molar-refractivity contribution in [3.05, 3.63) is 29.8 Å². The van der Waals surface area contributed by atoms with Gasteiger partial charge in [0, 0.05) is 24.2 Å². The number of rotatable bonds is 6. The predicted molar refractivity (Wildman–Crippen MR) is 87.4 cm³/mol. The number of likely N-dealkylation sites (N-methyl/N-ethyl adjacent to an activating group) is 1. The van der Waals surface area contributed by atoms with E-state index in [-0.39, 0.29) is 16.3 Å². The van der Waals surface area contributed by atoms with E-state index >= 15 is 0 Å². The molecule has 0 aliphatic carbocycles. The number of benzene rings is 1. The van der Waals surface area contributed by atoms with Crippen molar-refractivity contribution >= 4 is 15.9 Å². The SMILES string of the molecule is CN(C)CCNS(=O)(=O)c1ccc(C(=O)NC(C)(C)C)cc1. The van der Waals surface area contributed by atoms with Gasteiger partial charge in [-0.25, -0.2) is 13.1 Å². The minimum Gasteiger partial charge on any atom is -0.347 e. The molecule has 0 radical (unpaired) electrons. The van der Waals surface area contributed by atoms with Crippen LogP contribution in [0, 0.1) is 0 Å². The van der Waals surface area contributed by atoms with E-state index in [1.807, 2.05) is 39.8 Å². The molecule has 1 aromatic carbocycles. The molecule has 0 unspecified atom stereocenters. The topological polar surface area (TPSA) is 78.5 Å². The lowest BCUT2D eigenvalue weighted by atomic mass is 10.1. The van der Waals surface area contributed by atoms with E-state index in [2.05, 4.69) is 10.0 Å². The monoisotopic (exact) mass is 327 g/mol. The number of amides is 1. The number of carbonyl (C=O) groups excluding carboxylic acids is 1. The second-order valence-corrected chi connectivity index (χ2v) is 8.20. The lowest BCUT2D eigenvalue weighted by molar-refractivity contribution is 0.0919. The van der Waals surface area contributed by atoms with Gasteiger partial charge in [0.25, 0.3) is 5.91 Å². The molecule has 1 aromatic rings. The molecule has 0 fully saturated rings. The summed E-state index contributed by atoms with van der Waals surface area (Å²) in [6.45, 7) is 6.61. The Labute approximate surface area is 132 Å². The average molecular weight is 327 g/mol. The Morgan fingerprint density at radius 2 is 1.68 bits per heavy atom. The van der Waals surface area contributed by atoms with Gasteiger partial charge >= 0.3 is 0 Å². The molecule has 0 aliphatic rings. The first-order chi connectivity index (χ1) is 10.0. The van der Waals surface area contributed by atoms with Gasteiger partial charge in [0.15, 0.2) is 0 Å². The van der Waals surface area contributed by atoms with E-state index in [0.717, 1.165) is 0 Å². The maximum atomic E-state index is 12.1. The minimum absolute atomic E-state index is 0.151. The summed E-state index contributed by atoms with van der Waals surface area (Å²) in [5.41, 5.74) is 0.0948. The van der Waals surface area contributed by atoms with Crippen LogP contribution in [-0.2, 0) is 10.0 Å². The van der Waals surface area contributed by atoms with Gasteiger partial charge in [0.2, 0.25) is 10.0 Å². The Kier molecular flexibility index (Phi) is 6.10. The van der Waals surface area contributed by atoms with Gasteiger partial charge in [-0.3, -0.25) is 4.79 Å². The Balaban J connectivity index is 2.77. The summed E-state index contributed by atoms with van der Waals surface area (Å²) in [6.07, 6.45) is 0. The van der Waals surface area contributed by atoms with Gasteiger partial charge in [-0.05, 0) is 59.1 Å². The van der Waals surface area contributed by atoms with Gasteiger partial charge in [-0.2, -0.15) is 0 Å². The summed E-state index contributed by atoms with van der Waals surface area (Å²) >= 11 is 0. The number of sulfonamides is 1. The molecule has 0 aliphatic heterocycles. The second-order valence-electron chi connectivity index (χ2n) is 6.43. The summed E-state index contributed by atoms with van der Waals surface area (Å²) in [4.78, 5) is 14.0. The van der Waals surface area contributed by atoms with Crippen molar-refractivity contribution in [2.24, 2.45) is 0 Å². The first-order valence-electron chi connectivity index (χ1n) is 7.08. The molecule has 0 saturated heterocycles. The van der Waals surface area contributed by atoms with Crippen LogP contribution < -0.4 is 10.0 Å². The molecule has 0 saturated carbocycles. The van der Waals surface area contributed by atoms with Crippen molar-refractivity contribution < 1.29 is 13.2 Å². The first-order valence-corrected chi connectivity index (χ1v) is 8.56. The Morgan fingerprint density at radius 1 is 1.14 bits per heavy atom. The highest BCUT2D eigenvalue weighted by molar-refractivity contribution is 7.89. The van der Waals surface area contributed by atoms with E-state index in [1.165, 1.54) is 24.3 Å². The van der Waals surface area contributed by atoms with Crippen LogP contribution in [0.4, 0.5) is 0 Å². The van der Waals surface area contributed by atoms with E-state index in [9.17, 15) is 13.2 Å². The molecule has 1 rings (SSSR count). The zero-order chi connectivity index (χ0) is 17.0. The lowest BCUT2D eigenvalue weighted by Gasteiger charge is -2.20. The van der Waals surface area contributed by atoms with Crippen LogP contribution in [0.25, 0.3) is 0 Å². The fourth-order valence-corrected chi connectivity index (χ4v) is 2.71. The van der Waals surface area contributed by atoms with Crippen LogP contribution in [0.15, 0.2) is 29.2 Å². The number of nitrogens with zero attached hydrogens (tertiary/aromatic N) is 1. The average Bonchev–Trinajstić information content (AvgIpc) is 2.36. The molecule has 22 heavy (non-hydrogen) atoms. The largest absolute Gasteiger partial charge is 0.347 e. The molecule has 1 amide bonds. The van der Waals surface area contributed by atoms with Gasteiger partial charge in [-0.1, -0.05) is 0 Å². The third-order valence-electron chi connectivity index (χ3n) is 2.77. The molecule has 124 valence electrons. The van der Waals surface area contributed by atoms with Gasteiger partial charge in [0.1, 0.15) is 0 Å². The maximum absolute atomic E-state index is 12.1. The van der Waals surface area contributed by atoms with Crippen LogP contribution in [0.1, 0.15) is 31.1 Å². The molecule has 6 nitrogen and oxygen atoms in total. The first kappa shape index (κ1) is 18.6. The van der Waals surface area contributed by atoms with Crippen LogP contribution in [0.3, 0.4) is 0 Å². The molecule has 0 atom stereocenters. The van der Waals surface area contributed by atoms with Crippen molar-refractivity contribution in [3.8, 4) is 0 Å². The highest BCUT2D eigenvalue weighted by Gasteiger charge is 2.17. The molecule has 0 bridgehead atoms. The molecular formula is C15H25N3O3S. The molecule has 7 heteroatoms. The number of hydrogen-bond donors (Lipinski definition) is 2. The van der Waals surface area contributed by atoms with E-state index in [1.54, 1.807) is 0 Å². The standard InChI is InChI=1S/C15H25N3O3S/c1-15(2,3)17-14(19)12-6-8-13(9-7-12)22(20,21)16-10-11-18(4)5/h6-9,16H,10-11H2,1-5H3,(H,17,19). The third kappa shape index (κ3) is 6.13. The molecular weight excluding hydrogens is 302 g/mol. The highest BCUT2D eigenvalue weighted by Crippen LogP contribution is 2.11. The highest BCUT2D eigenvalue weighted by atomic mass is 32.2. The van der Waals surface area contributed by atoms with Gasteiger partial charge in [-0.15, -0.1) is 0 Å². The van der Waals surface area contributed by atoms with Crippen molar-refractivity contribution in [1.82, 2.24) is 14.9 Å². The lowest BCUT2D eigenvalue weighted by Crippen LogP contribution is -2.40. The van der Waals surface area contributed by atoms with Gasteiger partial charge < -0.3 is 10.2 Å². The Bertz CT molecular complexity index is 602. The minimum atomic E-state index is -3.54. The van der Waals surface area contributed by atoms with Gasteiger partial charge in [0.05, 0.1) is 4.90 Å². The Hall–Kier alpha value is -1.44. The van der Waals surface area contributed by atoms with Crippen LogP contribution in [0.5, 0.6) is 0 Å². The number of carbonyl (C=O) groups is 1.